The summed E-state index contributed by atoms with van der Waals surface area (Å²) in [7, 11) is 0. The molecule has 7 nitrogen and oxygen atoms in total. The van der Waals surface area contributed by atoms with Crippen molar-refractivity contribution in [1.29, 1.82) is 0 Å². The number of anilines is 1. The summed E-state index contributed by atoms with van der Waals surface area (Å²) in [6.45, 7) is 3.22. The first-order valence-electron chi connectivity index (χ1n) is 8.43. The lowest BCUT2D eigenvalue weighted by Crippen LogP contribution is -2.45. The molecule has 1 aromatic carbocycles. The summed E-state index contributed by atoms with van der Waals surface area (Å²) in [5.41, 5.74) is 0.0676. The van der Waals surface area contributed by atoms with Gasteiger partial charge in [-0.25, -0.2) is 9.18 Å². The Balaban J connectivity index is 1.49. The van der Waals surface area contributed by atoms with Crippen LogP contribution in [0.25, 0.3) is 0 Å². The van der Waals surface area contributed by atoms with Gasteiger partial charge >= 0.3 is 6.03 Å². The molecule has 1 aliphatic rings. The van der Waals surface area contributed by atoms with E-state index >= 15 is 0 Å². The number of urea groups is 1. The lowest BCUT2D eigenvalue weighted by molar-refractivity contribution is 0.0120. The van der Waals surface area contributed by atoms with E-state index in [2.05, 4.69) is 15.5 Å². The van der Waals surface area contributed by atoms with E-state index in [0.717, 1.165) is 12.8 Å². The molecule has 0 spiro atoms. The molecular weight excluding hydrogens is 363 g/mol. The summed E-state index contributed by atoms with van der Waals surface area (Å²) in [6, 6.07) is 4.13. The Morgan fingerprint density at radius 2 is 2.38 bits per heavy atom. The Hall–Kier alpha value is -2.19. The number of hydrogen-bond donors (Lipinski definition) is 1. The first-order chi connectivity index (χ1) is 12.5. The maximum Gasteiger partial charge on any atom is 0.322 e. The average molecular weight is 383 g/mol. The highest BCUT2D eigenvalue weighted by Gasteiger charge is 2.25. The van der Waals surface area contributed by atoms with Crippen molar-refractivity contribution in [1.82, 2.24) is 15.0 Å². The fraction of sp³-hybridized carbons (Fsp3) is 0.471. The lowest BCUT2D eigenvalue weighted by atomic mass is 10.1. The van der Waals surface area contributed by atoms with E-state index in [1.165, 1.54) is 12.1 Å². The Morgan fingerprint density at radius 1 is 1.54 bits per heavy atom. The minimum Gasteiger partial charge on any atom is -0.376 e. The Morgan fingerprint density at radius 3 is 3.15 bits per heavy atom. The van der Waals surface area contributed by atoms with Crippen LogP contribution in [0.5, 0.6) is 0 Å². The molecule has 0 aliphatic carbocycles. The van der Waals surface area contributed by atoms with Crippen LogP contribution in [-0.4, -0.2) is 46.9 Å². The maximum atomic E-state index is 13.9. The van der Waals surface area contributed by atoms with E-state index in [9.17, 15) is 9.18 Å². The fourth-order valence-corrected chi connectivity index (χ4v) is 2.99. The number of benzene rings is 1. The van der Waals surface area contributed by atoms with Crippen LogP contribution in [0.1, 0.15) is 24.6 Å². The van der Waals surface area contributed by atoms with Crippen molar-refractivity contribution in [3.05, 3.63) is 40.8 Å². The number of carbonyl (C=O) groups is 1. The van der Waals surface area contributed by atoms with Crippen molar-refractivity contribution < 1.29 is 18.4 Å². The highest BCUT2D eigenvalue weighted by Crippen LogP contribution is 2.23. The second-order valence-corrected chi connectivity index (χ2v) is 6.50. The molecule has 26 heavy (non-hydrogen) atoms. The number of halogens is 2. The Kier molecular flexibility index (Phi) is 6.05. The number of aromatic nitrogens is 2. The highest BCUT2D eigenvalue weighted by molar-refractivity contribution is 6.31. The fourth-order valence-electron chi connectivity index (χ4n) is 2.81. The summed E-state index contributed by atoms with van der Waals surface area (Å²) >= 11 is 5.74. The molecule has 2 amide bonds. The molecule has 2 heterocycles. The van der Waals surface area contributed by atoms with Crippen LogP contribution < -0.4 is 5.32 Å². The van der Waals surface area contributed by atoms with Gasteiger partial charge in [0.2, 0.25) is 5.89 Å². The maximum absolute atomic E-state index is 13.9. The first-order valence-corrected chi connectivity index (χ1v) is 8.81. The van der Waals surface area contributed by atoms with Gasteiger partial charge in [-0.15, -0.1) is 0 Å². The van der Waals surface area contributed by atoms with Crippen LogP contribution in [0.3, 0.4) is 0 Å². The number of amides is 2. The lowest BCUT2D eigenvalue weighted by Gasteiger charge is -2.32. The molecular formula is C17H20ClFN4O3. The van der Waals surface area contributed by atoms with Crippen LogP contribution in [0, 0.1) is 12.7 Å². The molecule has 3 rings (SSSR count). The van der Waals surface area contributed by atoms with Gasteiger partial charge in [0.05, 0.1) is 23.4 Å². The number of piperidine rings is 1. The molecule has 140 valence electrons. The second-order valence-electron chi connectivity index (χ2n) is 6.09. The normalized spacial score (nSPS) is 17.3. The predicted molar refractivity (Wildman–Crippen MR) is 93.7 cm³/mol. The van der Waals surface area contributed by atoms with Gasteiger partial charge in [0.15, 0.2) is 11.6 Å². The van der Waals surface area contributed by atoms with Crippen molar-refractivity contribution in [2.24, 2.45) is 0 Å². The largest absolute Gasteiger partial charge is 0.376 e. The minimum absolute atomic E-state index is 0.0284. The third kappa shape index (κ3) is 4.70. The average Bonchev–Trinajstić information content (AvgIpc) is 3.04. The van der Waals surface area contributed by atoms with E-state index in [-0.39, 0.29) is 22.8 Å². The van der Waals surface area contributed by atoms with Crippen molar-refractivity contribution in [2.75, 3.05) is 25.0 Å². The number of rotatable bonds is 5. The smallest absolute Gasteiger partial charge is 0.322 e. The molecule has 0 radical (unpaired) electrons. The first kappa shape index (κ1) is 18.6. The second kappa shape index (κ2) is 8.46. The van der Waals surface area contributed by atoms with Gasteiger partial charge in [0.25, 0.3) is 0 Å². The number of nitrogens with one attached hydrogen (secondary N) is 1. The van der Waals surface area contributed by atoms with E-state index < -0.39 is 5.82 Å². The van der Waals surface area contributed by atoms with Crippen LogP contribution in [0.15, 0.2) is 22.7 Å². The number of ether oxygens (including phenoxy) is 1. The van der Waals surface area contributed by atoms with E-state index in [1.54, 1.807) is 17.9 Å². The Labute approximate surface area is 155 Å². The van der Waals surface area contributed by atoms with Gasteiger partial charge in [0, 0.05) is 26.4 Å². The van der Waals surface area contributed by atoms with Gasteiger partial charge in [-0.05, 0) is 25.0 Å². The zero-order valence-corrected chi connectivity index (χ0v) is 15.1. The highest BCUT2D eigenvalue weighted by atomic mass is 35.5. The van der Waals surface area contributed by atoms with Crippen molar-refractivity contribution in [2.45, 2.75) is 32.3 Å². The zero-order chi connectivity index (χ0) is 18.5. The molecule has 1 atom stereocenters. The molecule has 1 fully saturated rings. The quantitative estimate of drug-likeness (QED) is 0.856. The van der Waals surface area contributed by atoms with E-state index in [0.29, 0.717) is 37.8 Å². The summed E-state index contributed by atoms with van der Waals surface area (Å²) in [4.78, 5) is 18.1. The molecule has 1 N–H and O–H groups in total. The number of likely N-dealkylation sites (tertiary alicyclic amines) is 1. The summed E-state index contributed by atoms with van der Waals surface area (Å²) in [6.07, 6.45) is 2.15. The number of hydrogen-bond acceptors (Lipinski definition) is 5. The van der Waals surface area contributed by atoms with Crippen molar-refractivity contribution in [3.8, 4) is 0 Å². The third-order valence-corrected chi connectivity index (χ3v) is 4.40. The number of nitrogens with zero attached hydrogens (tertiary/aromatic N) is 3. The molecule has 0 bridgehead atoms. The van der Waals surface area contributed by atoms with Crippen LogP contribution in [-0.2, 0) is 11.2 Å². The number of aryl methyl sites for hydroxylation is 1. The molecule has 1 unspecified atom stereocenters. The molecule has 1 aromatic heterocycles. The zero-order valence-electron chi connectivity index (χ0n) is 14.4. The summed E-state index contributed by atoms with van der Waals surface area (Å²) in [5, 5.41) is 6.35. The van der Waals surface area contributed by atoms with Crippen LogP contribution in [0.2, 0.25) is 5.02 Å². The van der Waals surface area contributed by atoms with Crippen molar-refractivity contribution >= 4 is 23.3 Å². The van der Waals surface area contributed by atoms with Gasteiger partial charge in [-0.3, -0.25) is 0 Å². The van der Waals surface area contributed by atoms with Gasteiger partial charge in [0.1, 0.15) is 0 Å². The molecule has 9 heteroatoms. The van der Waals surface area contributed by atoms with Crippen LogP contribution >= 0.6 is 11.6 Å². The minimum atomic E-state index is -0.636. The molecule has 1 saturated heterocycles. The van der Waals surface area contributed by atoms with E-state index in [1.807, 2.05) is 0 Å². The molecule has 1 aliphatic heterocycles. The predicted octanol–water partition coefficient (Wildman–Crippen LogP) is 3.43. The monoisotopic (exact) mass is 382 g/mol. The van der Waals surface area contributed by atoms with Gasteiger partial charge in [-0.2, -0.15) is 4.98 Å². The topological polar surface area (TPSA) is 80.5 Å². The van der Waals surface area contributed by atoms with Gasteiger partial charge in [-0.1, -0.05) is 22.8 Å². The van der Waals surface area contributed by atoms with E-state index in [4.69, 9.17) is 20.9 Å². The SMILES string of the molecule is Cc1nc(CCOC2CCCN(C(=O)Nc3cccc(Cl)c3F)C2)no1. The third-order valence-electron chi connectivity index (χ3n) is 4.11. The molecule has 0 saturated carbocycles. The number of carbonyl (C=O) groups excluding carboxylic acids is 1. The summed E-state index contributed by atoms with van der Waals surface area (Å²) < 4.78 is 24.7. The van der Waals surface area contributed by atoms with Gasteiger partial charge < -0.3 is 19.5 Å². The van der Waals surface area contributed by atoms with Crippen LogP contribution in [0.4, 0.5) is 14.9 Å². The summed E-state index contributed by atoms with van der Waals surface area (Å²) in [5.74, 6) is 0.487. The standard InChI is InChI=1S/C17H20ClFN4O3/c1-11-20-15(22-26-11)7-9-25-12-4-3-8-23(10-12)17(24)21-14-6-2-5-13(18)16(14)19/h2,5-6,12H,3-4,7-10H2,1H3,(H,21,24). The van der Waals surface area contributed by atoms with Crippen molar-refractivity contribution in [3.63, 3.8) is 0 Å². The Bertz CT molecular complexity index is 770. The molecule has 2 aromatic rings.